The van der Waals surface area contributed by atoms with Gasteiger partial charge in [-0.15, -0.1) is 0 Å². The summed E-state index contributed by atoms with van der Waals surface area (Å²) in [5, 5.41) is 33.4. The minimum absolute atomic E-state index is 0.0748. The highest BCUT2D eigenvalue weighted by Crippen LogP contribution is 2.22. The van der Waals surface area contributed by atoms with Crippen LogP contribution in [-0.4, -0.2) is 81.2 Å². The number of ketones is 1. The topological polar surface area (TPSA) is 230 Å². The van der Waals surface area contributed by atoms with Gasteiger partial charge in [0.05, 0.1) is 6.54 Å². The molecule has 0 unspecified atom stereocenters. The largest absolute Gasteiger partial charge is 0.491 e. The van der Waals surface area contributed by atoms with E-state index in [0.717, 1.165) is 18.4 Å². The number of rotatable bonds is 12. The molecule has 13 nitrogen and oxygen atoms in total. The molecule has 0 atom stereocenters. The monoisotopic (exact) mass is 702 g/mol. The number of aryl methyl sites for hydroxylation is 2. The lowest BCUT2D eigenvalue weighted by Crippen LogP contribution is -2.28. The van der Waals surface area contributed by atoms with E-state index in [1.807, 2.05) is 24.3 Å². The van der Waals surface area contributed by atoms with E-state index in [1.165, 1.54) is 23.8 Å². The number of hydrogen-bond donors (Lipinski definition) is 6. The number of carbonyl (C=O) groups is 5. The van der Waals surface area contributed by atoms with Crippen LogP contribution in [0.5, 0.6) is 5.75 Å². The van der Waals surface area contributed by atoms with Crippen molar-refractivity contribution in [3.63, 3.8) is 0 Å². The number of amidine groups is 1. The molecule has 0 bridgehead atoms. The Morgan fingerprint density at radius 1 is 0.776 bits per heavy atom. The second-order valence-electron chi connectivity index (χ2n) is 9.40. The molecule has 1 heterocycles. The third-order valence-corrected chi connectivity index (χ3v) is 5.77. The van der Waals surface area contributed by atoms with Gasteiger partial charge in [0.15, 0.2) is 0 Å². The summed E-state index contributed by atoms with van der Waals surface area (Å²) in [5.74, 6) is -8.25. The van der Waals surface area contributed by atoms with Crippen molar-refractivity contribution in [3.8, 4) is 5.75 Å². The molecule has 0 aliphatic heterocycles. The number of aromatic nitrogens is 1. The second-order valence-corrected chi connectivity index (χ2v) is 9.40. The number of carbonyl (C=O) groups excluding carboxylic acids is 2. The van der Waals surface area contributed by atoms with Crippen molar-refractivity contribution in [3.05, 3.63) is 94.8 Å². The first-order valence-corrected chi connectivity index (χ1v) is 13.4. The Bertz CT molecular complexity index is 1590. The highest BCUT2D eigenvalue weighted by molar-refractivity contribution is 6.33. The lowest BCUT2D eigenvalue weighted by atomic mass is 10.0. The van der Waals surface area contributed by atoms with Crippen molar-refractivity contribution >= 4 is 35.4 Å². The SMILES string of the molecule is N=C(N)c1ccc(CC(=O)C(=O)O)c(OCCNC(=O)c2ccc(CCc3ccncc3)cc2)c1.O=C(O)C(F)(F)F.O=C(O)C(F)(F)F. The maximum absolute atomic E-state index is 12.4. The number of halogens is 6. The lowest BCUT2D eigenvalue weighted by Gasteiger charge is -2.13. The summed E-state index contributed by atoms with van der Waals surface area (Å²) in [4.78, 5) is 56.8. The van der Waals surface area contributed by atoms with Gasteiger partial charge in [0.1, 0.15) is 18.2 Å². The molecule has 2 aromatic carbocycles. The van der Waals surface area contributed by atoms with Gasteiger partial charge in [-0.25, -0.2) is 14.4 Å². The number of carboxylic acid groups (broad SMARTS) is 3. The minimum atomic E-state index is -5.08. The molecule has 0 saturated carbocycles. The first kappa shape index (κ1) is 41.0. The fourth-order valence-electron chi connectivity index (χ4n) is 3.34. The number of alkyl halides is 6. The van der Waals surface area contributed by atoms with Crippen molar-refractivity contribution in [2.75, 3.05) is 13.2 Å². The number of amides is 1. The molecular formula is C30H28F6N4O9. The van der Waals surface area contributed by atoms with E-state index >= 15 is 0 Å². The van der Waals surface area contributed by atoms with Gasteiger partial charge in [0.2, 0.25) is 5.78 Å². The maximum atomic E-state index is 12.4. The third-order valence-electron chi connectivity index (χ3n) is 5.77. The van der Waals surface area contributed by atoms with Crippen molar-refractivity contribution in [2.24, 2.45) is 5.73 Å². The fraction of sp³-hybridized carbons (Fsp3) is 0.233. The summed E-state index contributed by atoms with van der Waals surface area (Å²) >= 11 is 0. The third kappa shape index (κ3) is 15.9. The van der Waals surface area contributed by atoms with E-state index in [1.54, 1.807) is 24.5 Å². The quantitative estimate of drug-likeness (QED) is 0.0527. The van der Waals surface area contributed by atoms with Crippen molar-refractivity contribution in [2.45, 2.75) is 31.6 Å². The number of nitrogens with zero attached hydrogens (tertiary/aromatic N) is 1. The Hall–Kier alpha value is -6.01. The van der Waals surface area contributed by atoms with Crippen molar-refractivity contribution < 1.29 is 70.4 Å². The van der Waals surface area contributed by atoms with Crippen LogP contribution in [0.15, 0.2) is 67.0 Å². The Labute approximate surface area is 272 Å². The van der Waals surface area contributed by atoms with Gasteiger partial charge < -0.3 is 31.1 Å². The maximum Gasteiger partial charge on any atom is 0.490 e. The van der Waals surface area contributed by atoms with Gasteiger partial charge in [-0.1, -0.05) is 24.3 Å². The molecule has 0 fully saturated rings. The van der Waals surface area contributed by atoms with Gasteiger partial charge in [-0.3, -0.25) is 20.0 Å². The molecule has 49 heavy (non-hydrogen) atoms. The molecule has 3 aromatic rings. The van der Waals surface area contributed by atoms with E-state index in [4.69, 9.17) is 40.8 Å². The molecule has 0 aliphatic rings. The zero-order chi connectivity index (χ0) is 37.4. The molecule has 7 N–H and O–H groups in total. The average molecular weight is 703 g/mol. The minimum Gasteiger partial charge on any atom is -0.491 e. The summed E-state index contributed by atoms with van der Waals surface area (Å²) in [6.45, 7) is 0.255. The van der Waals surface area contributed by atoms with Crippen LogP contribution in [0.1, 0.15) is 32.6 Å². The smallest absolute Gasteiger partial charge is 0.490 e. The van der Waals surface area contributed by atoms with E-state index in [-0.39, 0.29) is 37.1 Å². The second kappa shape index (κ2) is 19.0. The number of hydrogen-bond acceptors (Lipinski definition) is 8. The number of nitrogens with one attached hydrogen (secondary N) is 2. The zero-order valence-electron chi connectivity index (χ0n) is 25.0. The van der Waals surface area contributed by atoms with Gasteiger partial charge in [0.25, 0.3) is 5.91 Å². The van der Waals surface area contributed by atoms with Gasteiger partial charge in [-0.05, 0) is 54.3 Å². The summed E-state index contributed by atoms with van der Waals surface area (Å²) in [6.07, 6.45) is -5.25. The van der Waals surface area contributed by atoms with Crippen LogP contribution in [0, 0.1) is 5.41 Å². The van der Waals surface area contributed by atoms with Gasteiger partial charge in [0, 0.05) is 35.5 Å². The molecule has 264 valence electrons. The summed E-state index contributed by atoms with van der Waals surface area (Å²) in [6, 6.07) is 15.8. The van der Waals surface area contributed by atoms with Crippen LogP contribution in [-0.2, 0) is 38.4 Å². The van der Waals surface area contributed by atoms with Gasteiger partial charge in [-0.2, -0.15) is 26.3 Å². The van der Waals surface area contributed by atoms with Crippen LogP contribution >= 0.6 is 0 Å². The first-order valence-electron chi connectivity index (χ1n) is 13.4. The molecule has 19 heteroatoms. The van der Waals surface area contributed by atoms with E-state index in [2.05, 4.69) is 10.3 Å². The summed E-state index contributed by atoms with van der Waals surface area (Å²) < 4.78 is 69.1. The van der Waals surface area contributed by atoms with Crippen LogP contribution < -0.4 is 15.8 Å². The Kier molecular flexibility index (Phi) is 15.9. The number of carboxylic acids is 3. The Morgan fingerprint density at radius 2 is 1.24 bits per heavy atom. The molecule has 1 aromatic heterocycles. The fourth-order valence-corrected chi connectivity index (χ4v) is 3.34. The number of Topliss-reactive ketones (excluding diaryl/α,β-unsaturated/α-hetero) is 1. The summed E-state index contributed by atoms with van der Waals surface area (Å²) in [5.41, 5.74) is 9.08. The zero-order valence-corrected chi connectivity index (χ0v) is 25.0. The number of nitrogen functional groups attached to an aromatic ring is 1. The number of nitrogens with two attached hydrogens (primary N) is 1. The molecule has 0 spiro atoms. The van der Waals surface area contributed by atoms with Crippen molar-refractivity contribution in [1.29, 1.82) is 5.41 Å². The Balaban J connectivity index is 0.000000717. The number of benzene rings is 2. The summed E-state index contributed by atoms with van der Waals surface area (Å²) in [7, 11) is 0. The molecule has 0 aliphatic carbocycles. The van der Waals surface area contributed by atoms with E-state index in [9.17, 15) is 40.7 Å². The lowest BCUT2D eigenvalue weighted by molar-refractivity contribution is -0.193. The number of aliphatic carboxylic acids is 3. The van der Waals surface area contributed by atoms with Crippen LogP contribution in [0.2, 0.25) is 0 Å². The first-order chi connectivity index (χ1) is 22.7. The van der Waals surface area contributed by atoms with Crippen molar-refractivity contribution in [1.82, 2.24) is 10.3 Å². The van der Waals surface area contributed by atoms with Crippen LogP contribution in [0.25, 0.3) is 0 Å². The predicted molar refractivity (Wildman–Crippen MR) is 157 cm³/mol. The molecular weight excluding hydrogens is 674 g/mol. The average Bonchev–Trinajstić information content (AvgIpc) is 3.02. The van der Waals surface area contributed by atoms with E-state index < -0.39 is 36.0 Å². The normalized spacial score (nSPS) is 10.7. The molecule has 3 rings (SSSR count). The Morgan fingerprint density at radius 3 is 1.69 bits per heavy atom. The number of ether oxygens (including phenoxy) is 1. The van der Waals surface area contributed by atoms with Crippen LogP contribution in [0.3, 0.4) is 0 Å². The standard InChI is InChI=1S/C26H26N4O5.2C2HF3O2/c27-24(28)21-8-7-20(15-22(31)26(33)34)23(16-21)35-14-13-30-25(32)19-5-3-17(4-6-19)1-2-18-9-11-29-12-10-18;2*3-2(4,5)1(6)7/h3-12,16H,1-2,13-15H2,(H3,27,28)(H,30,32)(H,33,34);2*(H,6,7). The van der Waals surface area contributed by atoms with Gasteiger partial charge >= 0.3 is 30.3 Å². The predicted octanol–water partition coefficient (Wildman–Crippen LogP) is 3.42. The molecule has 1 amide bonds. The van der Waals surface area contributed by atoms with Crippen LogP contribution in [0.4, 0.5) is 26.3 Å². The molecule has 0 radical (unpaired) electrons. The highest BCUT2D eigenvalue weighted by Gasteiger charge is 2.38. The highest BCUT2D eigenvalue weighted by atomic mass is 19.4. The molecule has 0 saturated heterocycles. The number of pyridine rings is 1. The van der Waals surface area contributed by atoms with E-state index in [0.29, 0.717) is 16.7 Å².